The smallest absolute Gasteiger partial charge is 0.344 e. The third kappa shape index (κ3) is 6.31. The van der Waals surface area contributed by atoms with Gasteiger partial charge < -0.3 is 19.5 Å². The van der Waals surface area contributed by atoms with Gasteiger partial charge >= 0.3 is 5.97 Å². The first-order chi connectivity index (χ1) is 14.5. The van der Waals surface area contributed by atoms with Crippen LogP contribution < -0.4 is 14.8 Å². The molecule has 1 heterocycles. The van der Waals surface area contributed by atoms with Crippen molar-refractivity contribution in [3.63, 3.8) is 0 Å². The van der Waals surface area contributed by atoms with E-state index in [2.05, 4.69) is 10.3 Å². The zero-order valence-corrected chi connectivity index (χ0v) is 17.5. The van der Waals surface area contributed by atoms with Gasteiger partial charge in [0.1, 0.15) is 18.1 Å². The maximum atomic E-state index is 12.5. The van der Waals surface area contributed by atoms with Gasteiger partial charge in [-0.05, 0) is 50.2 Å². The highest BCUT2D eigenvalue weighted by Gasteiger charge is 2.09. The Balaban J connectivity index is 1.54. The lowest BCUT2D eigenvalue weighted by Crippen LogP contribution is -2.15. The molecule has 0 fully saturated rings. The standard InChI is InChI=1S/C22H22N2O5S/c1-3-27-21(25)13-29-20-6-4-5-17(11-20)24-22(26)16-7-9-19(10-8-16)28-12-18-14-30-15(2)23-18/h4-11,14H,3,12-13H2,1-2H3,(H,24,26). The summed E-state index contributed by atoms with van der Waals surface area (Å²) in [6, 6.07) is 13.7. The summed E-state index contributed by atoms with van der Waals surface area (Å²) in [5.41, 5.74) is 1.93. The van der Waals surface area contributed by atoms with Crippen LogP contribution >= 0.6 is 11.3 Å². The van der Waals surface area contributed by atoms with Crippen molar-refractivity contribution >= 4 is 28.9 Å². The van der Waals surface area contributed by atoms with Crippen LogP contribution in [0.4, 0.5) is 5.69 Å². The van der Waals surface area contributed by atoms with Crippen LogP contribution in [-0.2, 0) is 16.1 Å². The maximum absolute atomic E-state index is 12.5. The highest BCUT2D eigenvalue weighted by molar-refractivity contribution is 7.09. The van der Waals surface area contributed by atoms with E-state index in [9.17, 15) is 9.59 Å². The summed E-state index contributed by atoms with van der Waals surface area (Å²) in [6.45, 7) is 4.17. The van der Waals surface area contributed by atoms with Crippen LogP contribution in [0.2, 0.25) is 0 Å². The van der Waals surface area contributed by atoms with Crippen LogP contribution in [-0.4, -0.2) is 30.1 Å². The van der Waals surface area contributed by atoms with Crippen molar-refractivity contribution in [3.05, 3.63) is 70.2 Å². The Bertz CT molecular complexity index is 1000. The number of esters is 1. The number of thiazole rings is 1. The minimum Gasteiger partial charge on any atom is -0.487 e. The largest absolute Gasteiger partial charge is 0.487 e. The van der Waals surface area contributed by atoms with Crippen molar-refractivity contribution in [2.24, 2.45) is 0 Å². The molecule has 1 aromatic heterocycles. The summed E-state index contributed by atoms with van der Waals surface area (Å²) in [5, 5.41) is 5.76. The van der Waals surface area contributed by atoms with Gasteiger partial charge in [-0.15, -0.1) is 11.3 Å². The van der Waals surface area contributed by atoms with Gasteiger partial charge in [0.25, 0.3) is 5.91 Å². The van der Waals surface area contributed by atoms with E-state index >= 15 is 0 Å². The van der Waals surface area contributed by atoms with Crippen LogP contribution in [0.15, 0.2) is 53.9 Å². The average Bonchev–Trinajstić information content (AvgIpc) is 3.17. The summed E-state index contributed by atoms with van der Waals surface area (Å²) >= 11 is 1.58. The first-order valence-corrected chi connectivity index (χ1v) is 10.2. The SMILES string of the molecule is CCOC(=O)COc1cccc(NC(=O)c2ccc(OCc3csc(C)n3)cc2)c1. The molecule has 0 unspecified atom stereocenters. The number of aryl methyl sites for hydroxylation is 1. The topological polar surface area (TPSA) is 86.8 Å². The summed E-state index contributed by atoms with van der Waals surface area (Å²) in [7, 11) is 0. The van der Waals surface area contributed by atoms with Crippen molar-refractivity contribution in [1.29, 1.82) is 0 Å². The maximum Gasteiger partial charge on any atom is 0.344 e. The van der Waals surface area contributed by atoms with Crippen LogP contribution in [0.5, 0.6) is 11.5 Å². The summed E-state index contributed by atoms with van der Waals surface area (Å²) in [5.74, 6) is 0.409. The highest BCUT2D eigenvalue weighted by Crippen LogP contribution is 2.20. The summed E-state index contributed by atoms with van der Waals surface area (Å²) < 4.78 is 15.9. The molecule has 0 aliphatic rings. The second-order valence-corrected chi connectivity index (χ2v) is 7.31. The molecule has 0 saturated heterocycles. The minimum atomic E-state index is -0.445. The fourth-order valence-electron chi connectivity index (χ4n) is 2.55. The average molecular weight is 426 g/mol. The molecular formula is C22H22N2O5S. The molecule has 0 atom stereocenters. The van der Waals surface area contributed by atoms with E-state index in [0.29, 0.717) is 36.0 Å². The van der Waals surface area contributed by atoms with Gasteiger partial charge in [-0.2, -0.15) is 0 Å². The number of nitrogens with one attached hydrogen (secondary N) is 1. The fourth-order valence-corrected chi connectivity index (χ4v) is 3.14. The number of aromatic nitrogens is 1. The molecule has 3 rings (SSSR count). The molecule has 1 amide bonds. The lowest BCUT2D eigenvalue weighted by molar-refractivity contribution is -0.145. The minimum absolute atomic E-state index is 0.187. The molecule has 0 bridgehead atoms. The van der Waals surface area contributed by atoms with Gasteiger partial charge in [0, 0.05) is 22.7 Å². The van der Waals surface area contributed by atoms with Gasteiger partial charge in [0.05, 0.1) is 17.3 Å². The number of amides is 1. The first kappa shape index (κ1) is 21.3. The summed E-state index contributed by atoms with van der Waals surface area (Å²) in [6.07, 6.45) is 0. The molecule has 0 spiro atoms. The highest BCUT2D eigenvalue weighted by atomic mass is 32.1. The number of carbonyl (C=O) groups excluding carboxylic acids is 2. The first-order valence-electron chi connectivity index (χ1n) is 9.37. The number of carbonyl (C=O) groups is 2. The quantitative estimate of drug-likeness (QED) is 0.516. The fraction of sp³-hybridized carbons (Fsp3) is 0.227. The second-order valence-electron chi connectivity index (χ2n) is 6.25. The number of rotatable bonds is 9. The monoisotopic (exact) mass is 426 g/mol. The Morgan fingerprint density at radius 3 is 2.57 bits per heavy atom. The molecule has 0 aliphatic carbocycles. The zero-order valence-electron chi connectivity index (χ0n) is 16.7. The van der Waals surface area contributed by atoms with Gasteiger partial charge in [0.15, 0.2) is 6.61 Å². The van der Waals surface area contributed by atoms with E-state index in [1.54, 1.807) is 66.8 Å². The third-order valence-electron chi connectivity index (χ3n) is 3.92. The molecule has 30 heavy (non-hydrogen) atoms. The van der Waals surface area contributed by atoms with Crippen molar-refractivity contribution < 1.29 is 23.8 Å². The Hall–Kier alpha value is -3.39. The molecule has 7 nitrogen and oxygen atoms in total. The molecule has 0 saturated carbocycles. The molecule has 8 heteroatoms. The van der Waals surface area contributed by atoms with Gasteiger partial charge in [0.2, 0.25) is 0 Å². The molecule has 3 aromatic rings. The van der Waals surface area contributed by atoms with E-state index in [1.165, 1.54) is 0 Å². The third-order valence-corrected chi connectivity index (χ3v) is 4.75. The molecule has 0 aliphatic heterocycles. The predicted molar refractivity (Wildman–Crippen MR) is 114 cm³/mol. The van der Waals surface area contributed by atoms with Crippen LogP contribution in [0.3, 0.4) is 0 Å². The van der Waals surface area contributed by atoms with E-state index in [1.807, 2.05) is 12.3 Å². The second kappa shape index (κ2) is 10.4. The normalized spacial score (nSPS) is 10.3. The van der Waals surface area contributed by atoms with E-state index in [4.69, 9.17) is 14.2 Å². The van der Waals surface area contributed by atoms with E-state index in [-0.39, 0.29) is 12.5 Å². The number of anilines is 1. The predicted octanol–water partition coefficient (Wildman–Crippen LogP) is 4.22. The van der Waals surface area contributed by atoms with Gasteiger partial charge in [-0.25, -0.2) is 9.78 Å². The Morgan fingerprint density at radius 2 is 1.87 bits per heavy atom. The lowest BCUT2D eigenvalue weighted by Gasteiger charge is -2.09. The molecule has 1 N–H and O–H groups in total. The number of hydrogen-bond donors (Lipinski definition) is 1. The number of ether oxygens (including phenoxy) is 3. The van der Waals surface area contributed by atoms with Crippen LogP contribution in [0.1, 0.15) is 28.0 Å². The van der Waals surface area contributed by atoms with Crippen molar-refractivity contribution in [1.82, 2.24) is 4.98 Å². The Morgan fingerprint density at radius 1 is 1.07 bits per heavy atom. The molecule has 2 aromatic carbocycles. The van der Waals surface area contributed by atoms with Crippen molar-refractivity contribution in [3.8, 4) is 11.5 Å². The van der Waals surface area contributed by atoms with E-state index in [0.717, 1.165) is 10.7 Å². The zero-order chi connectivity index (χ0) is 21.3. The molecule has 156 valence electrons. The lowest BCUT2D eigenvalue weighted by atomic mass is 10.2. The van der Waals surface area contributed by atoms with E-state index < -0.39 is 5.97 Å². The Labute approximate surface area is 178 Å². The van der Waals surface area contributed by atoms with Crippen molar-refractivity contribution in [2.45, 2.75) is 20.5 Å². The van der Waals surface area contributed by atoms with Gasteiger partial charge in [-0.3, -0.25) is 4.79 Å². The molecule has 0 radical (unpaired) electrons. The number of nitrogens with zero attached hydrogens (tertiary/aromatic N) is 1. The van der Waals surface area contributed by atoms with Crippen LogP contribution in [0, 0.1) is 6.92 Å². The van der Waals surface area contributed by atoms with Crippen molar-refractivity contribution in [2.75, 3.05) is 18.5 Å². The molecular weight excluding hydrogens is 404 g/mol. The number of hydrogen-bond acceptors (Lipinski definition) is 7. The number of benzene rings is 2. The van der Waals surface area contributed by atoms with Gasteiger partial charge in [-0.1, -0.05) is 6.07 Å². The Kier molecular flexibility index (Phi) is 7.40. The summed E-state index contributed by atoms with van der Waals surface area (Å²) in [4.78, 5) is 28.2. The van der Waals surface area contributed by atoms with Crippen LogP contribution in [0.25, 0.3) is 0 Å².